The van der Waals surface area contributed by atoms with E-state index in [1.807, 2.05) is 12.1 Å². The molecule has 0 aliphatic heterocycles. The Bertz CT molecular complexity index is 836. The second-order valence-electron chi connectivity index (χ2n) is 6.56. The summed E-state index contributed by atoms with van der Waals surface area (Å²) < 4.78 is 15.2. The van der Waals surface area contributed by atoms with E-state index in [-0.39, 0.29) is 17.8 Å². The molecule has 1 heterocycles. The van der Waals surface area contributed by atoms with Gasteiger partial charge >= 0.3 is 11.4 Å². The number of anilines is 1. The molecule has 1 aliphatic carbocycles. The van der Waals surface area contributed by atoms with Gasteiger partial charge in [0, 0.05) is 11.6 Å². The summed E-state index contributed by atoms with van der Waals surface area (Å²) in [4.78, 5) is 30.3. The van der Waals surface area contributed by atoms with E-state index in [4.69, 9.17) is 0 Å². The summed E-state index contributed by atoms with van der Waals surface area (Å²) in [5, 5.41) is 2.91. The summed E-state index contributed by atoms with van der Waals surface area (Å²) >= 11 is 0. The van der Waals surface area contributed by atoms with Crippen LogP contribution in [0.4, 0.5) is 10.3 Å². The number of hydrogen-bond acceptors (Lipinski definition) is 4. The topological polar surface area (TPSA) is 79.8 Å². The van der Waals surface area contributed by atoms with Gasteiger partial charge in [-0.3, -0.25) is 4.98 Å². The Morgan fingerprint density at radius 1 is 1.29 bits per heavy atom. The second-order valence-corrected chi connectivity index (χ2v) is 6.56. The van der Waals surface area contributed by atoms with E-state index in [1.54, 1.807) is 20.8 Å². The number of aromatic amines is 1. The fourth-order valence-corrected chi connectivity index (χ4v) is 2.80. The van der Waals surface area contributed by atoms with Crippen LogP contribution in [0.15, 0.2) is 27.8 Å². The van der Waals surface area contributed by atoms with Gasteiger partial charge in [-0.05, 0) is 51.2 Å². The Morgan fingerprint density at radius 3 is 2.58 bits per heavy atom. The monoisotopic (exact) mass is 332 g/mol. The van der Waals surface area contributed by atoms with Crippen LogP contribution in [0.2, 0.25) is 0 Å². The van der Waals surface area contributed by atoms with Crippen molar-refractivity contribution in [3.05, 3.63) is 56.1 Å². The quantitative estimate of drug-likeness (QED) is 0.882. The smallest absolute Gasteiger partial charge is 0.349 e. The van der Waals surface area contributed by atoms with Crippen LogP contribution >= 0.6 is 0 Å². The van der Waals surface area contributed by atoms with E-state index in [1.165, 1.54) is 6.07 Å². The Labute approximate surface area is 138 Å². The number of nitrogens with one attached hydrogen (secondary N) is 2. The van der Waals surface area contributed by atoms with Crippen LogP contribution < -0.4 is 16.7 Å². The van der Waals surface area contributed by atoms with Crippen LogP contribution in [0, 0.1) is 5.82 Å². The molecule has 0 bridgehead atoms. The summed E-state index contributed by atoms with van der Waals surface area (Å²) in [5.41, 5.74) is 0.453. The van der Waals surface area contributed by atoms with Gasteiger partial charge in [0.05, 0.1) is 6.04 Å². The van der Waals surface area contributed by atoms with Crippen molar-refractivity contribution in [1.29, 1.82) is 0 Å². The minimum atomic E-state index is -0.629. The zero-order valence-corrected chi connectivity index (χ0v) is 14.0. The zero-order valence-electron chi connectivity index (χ0n) is 14.0. The molecule has 1 atom stereocenters. The predicted molar refractivity (Wildman–Crippen MR) is 89.9 cm³/mol. The molecule has 7 heteroatoms. The van der Waals surface area contributed by atoms with Crippen molar-refractivity contribution in [2.75, 3.05) is 5.32 Å². The molecule has 1 saturated carbocycles. The first-order valence-electron chi connectivity index (χ1n) is 8.15. The third-order valence-corrected chi connectivity index (χ3v) is 4.26. The minimum absolute atomic E-state index is 0.0469. The van der Waals surface area contributed by atoms with Gasteiger partial charge in [-0.25, -0.2) is 18.5 Å². The Morgan fingerprint density at radius 2 is 2.00 bits per heavy atom. The van der Waals surface area contributed by atoms with Crippen molar-refractivity contribution >= 4 is 5.95 Å². The molecule has 24 heavy (non-hydrogen) atoms. The lowest BCUT2D eigenvalue weighted by atomic mass is 10.0. The van der Waals surface area contributed by atoms with Crippen molar-refractivity contribution in [3.8, 4) is 0 Å². The first-order valence-corrected chi connectivity index (χ1v) is 8.15. The van der Waals surface area contributed by atoms with Crippen molar-refractivity contribution in [1.82, 2.24) is 14.5 Å². The van der Waals surface area contributed by atoms with Crippen LogP contribution in [-0.4, -0.2) is 14.5 Å². The maximum Gasteiger partial charge on any atom is 0.355 e. The minimum Gasteiger partial charge on any atom is -0.349 e. The van der Waals surface area contributed by atoms with E-state index < -0.39 is 17.4 Å². The van der Waals surface area contributed by atoms with E-state index >= 15 is 0 Å². The lowest BCUT2D eigenvalue weighted by Gasteiger charge is -2.17. The van der Waals surface area contributed by atoms with Crippen LogP contribution in [0.3, 0.4) is 0 Å². The lowest BCUT2D eigenvalue weighted by molar-refractivity contribution is 0.529. The van der Waals surface area contributed by atoms with E-state index in [0.29, 0.717) is 11.5 Å². The van der Waals surface area contributed by atoms with Gasteiger partial charge in [-0.1, -0.05) is 12.1 Å². The third-order valence-electron chi connectivity index (χ3n) is 4.26. The molecule has 128 valence electrons. The summed E-state index contributed by atoms with van der Waals surface area (Å²) in [6.45, 7) is 5.22. The summed E-state index contributed by atoms with van der Waals surface area (Å²) in [6.07, 6.45) is 2.27. The standard InChI is InChI=1S/C17H21FN4O2/c1-9(2)22-16(23)20-15(21-17(22)24)19-10(3)13-8-12(11-4-5-11)6-7-14(13)18/h6-11H,4-5H2,1-3H3,(H2,19,20,21,23,24)/t10-/m0/s1. The molecule has 3 rings (SSSR count). The van der Waals surface area contributed by atoms with Crippen molar-refractivity contribution < 1.29 is 4.39 Å². The molecule has 0 amide bonds. The van der Waals surface area contributed by atoms with Gasteiger partial charge in [-0.2, -0.15) is 4.98 Å². The fraction of sp³-hybridized carbons (Fsp3) is 0.471. The molecule has 0 unspecified atom stereocenters. The average molecular weight is 332 g/mol. The van der Waals surface area contributed by atoms with E-state index in [0.717, 1.165) is 23.0 Å². The molecule has 1 fully saturated rings. The van der Waals surface area contributed by atoms with Gasteiger partial charge in [-0.15, -0.1) is 0 Å². The molecule has 0 radical (unpaired) electrons. The maximum atomic E-state index is 14.1. The molecule has 6 nitrogen and oxygen atoms in total. The number of nitrogens with zero attached hydrogens (tertiary/aromatic N) is 2. The van der Waals surface area contributed by atoms with Crippen LogP contribution in [-0.2, 0) is 0 Å². The van der Waals surface area contributed by atoms with Gasteiger partial charge in [0.1, 0.15) is 5.82 Å². The maximum absolute atomic E-state index is 14.1. The number of aromatic nitrogens is 3. The van der Waals surface area contributed by atoms with Gasteiger partial charge in [0.2, 0.25) is 5.95 Å². The normalized spacial score (nSPS) is 15.5. The molecule has 1 aromatic heterocycles. The molecule has 2 aromatic rings. The molecule has 1 aliphatic rings. The summed E-state index contributed by atoms with van der Waals surface area (Å²) in [7, 11) is 0. The molecular formula is C17H21FN4O2. The van der Waals surface area contributed by atoms with E-state index in [9.17, 15) is 14.0 Å². The highest BCUT2D eigenvalue weighted by Crippen LogP contribution is 2.41. The molecule has 1 aromatic carbocycles. The highest BCUT2D eigenvalue weighted by Gasteiger charge is 2.25. The molecule has 0 saturated heterocycles. The number of hydrogen-bond donors (Lipinski definition) is 2. The van der Waals surface area contributed by atoms with Gasteiger partial charge in [0.25, 0.3) is 0 Å². The SMILES string of the molecule is CC(C)n1c(=O)nc(N[C@@H](C)c2cc(C3CC3)ccc2F)[nH]c1=O. The fourth-order valence-electron chi connectivity index (χ4n) is 2.80. The number of benzene rings is 1. The number of halogens is 1. The highest BCUT2D eigenvalue weighted by molar-refractivity contribution is 5.36. The Balaban J connectivity index is 1.87. The van der Waals surface area contributed by atoms with Crippen molar-refractivity contribution in [2.45, 2.75) is 51.6 Å². The number of rotatable bonds is 5. The van der Waals surface area contributed by atoms with Gasteiger partial charge in [0.15, 0.2) is 0 Å². The average Bonchev–Trinajstić information content (AvgIpc) is 3.31. The zero-order chi connectivity index (χ0) is 17.4. The lowest BCUT2D eigenvalue weighted by Crippen LogP contribution is -2.39. The molecule has 0 spiro atoms. The van der Waals surface area contributed by atoms with Crippen LogP contribution in [0.25, 0.3) is 0 Å². The predicted octanol–water partition coefficient (Wildman–Crippen LogP) is 2.70. The number of H-pyrrole nitrogens is 1. The van der Waals surface area contributed by atoms with Crippen molar-refractivity contribution in [2.24, 2.45) is 0 Å². The Kier molecular flexibility index (Phi) is 4.26. The largest absolute Gasteiger partial charge is 0.355 e. The van der Waals surface area contributed by atoms with Crippen LogP contribution in [0.1, 0.15) is 62.7 Å². The first-order chi connectivity index (χ1) is 11.4. The van der Waals surface area contributed by atoms with Crippen LogP contribution in [0.5, 0.6) is 0 Å². The summed E-state index contributed by atoms with van der Waals surface area (Å²) in [6, 6.07) is 4.41. The highest BCUT2D eigenvalue weighted by atomic mass is 19.1. The third kappa shape index (κ3) is 3.25. The Hall–Kier alpha value is -2.44. The van der Waals surface area contributed by atoms with Crippen molar-refractivity contribution in [3.63, 3.8) is 0 Å². The second kappa shape index (κ2) is 6.22. The molecule has 2 N–H and O–H groups in total. The first kappa shape index (κ1) is 16.4. The van der Waals surface area contributed by atoms with E-state index in [2.05, 4.69) is 15.3 Å². The summed E-state index contributed by atoms with van der Waals surface area (Å²) in [5.74, 6) is 0.243. The van der Waals surface area contributed by atoms with Gasteiger partial charge < -0.3 is 5.32 Å². The molecular weight excluding hydrogens is 311 g/mol.